The molecular weight excluding hydrogens is 430 g/mol. The second kappa shape index (κ2) is 11.1. The Morgan fingerprint density at radius 2 is 2.00 bits per heavy atom. The number of anilines is 1. The highest BCUT2D eigenvalue weighted by molar-refractivity contribution is 5.92. The number of ether oxygens (including phenoxy) is 1. The van der Waals surface area contributed by atoms with Crippen molar-refractivity contribution in [1.82, 2.24) is 15.2 Å². The molecule has 1 unspecified atom stereocenters. The van der Waals surface area contributed by atoms with Gasteiger partial charge in [0.25, 0.3) is 0 Å². The molecule has 34 heavy (non-hydrogen) atoms. The zero-order chi connectivity index (χ0) is 23.9. The number of likely N-dealkylation sites (tertiary alicyclic amines) is 1. The van der Waals surface area contributed by atoms with Crippen LogP contribution in [0.1, 0.15) is 30.1 Å². The lowest BCUT2D eigenvalue weighted by Gasteiger charge is -2.33. The molecule has 0 spiro atoms. The molecule has 8 heteroatoms. The Morgan fingerprint density at radius 3 is 2.71 bits per heavy atom. The van der Waals surface area contributed by atoms with Gasteiger partial charge in [-0.1, -0.05) is 0 Å². The van der Waals surface area contributed by atoms with E-state index in [1.54, 1.807) is 37.6 Å². The van der Waals surface area contributed by atoms with Gasteiger partial charge in [-0.25, -0.2) is 0 Å². The van der Waals surface area contributed by atoms with E-state index in [9.17, 15) is 9.90 Å². The summed E-state index contributed by atoms with van der Waals surface area (Å²) in [4.78, 5) is 18.9. The van der Waals surface area contributed by atoms with E-state index in [1.165, 1.54) is 0 Å². The van der Waals surface area contributed by atoms with Crippen LogP contribution in [0.4, 0.5) is 5.69 Å². The van der Waals surface area contributed by atoms with E-state index >= 15 is 0 Å². The van der Waals surface area contributed by atoms with Crippen molar-refractivity contribution in [2.75, 3.05) is 38.6 Å². The zero-order valence-electron chi connectivity index (χ0n) is 19.2. The molecule has 1 saturated heterocycles. The van der Waals surface area contributed by atoms with Crippen LogP contribution in [-0.4, -0.2) is 60.2 Å². The molecule has 176 valence electrons. The van der Waals surface area contributed by atoms with Crippen molar-refractivity contribution >= 4 is 22.5 Å². The fourth-order valence-corrected chi connectivity index (χ4v) is 4.30. The molecule has 0 aliphatic carbocycles. The quantitative estimate of drug-likeness (QED) is 0.475. The Labute approximate surface area is 199 Å². The number of β-amino-alcohol motifs (C(OH)–C–C–N with tert-alkyl or cyclic N) is 1. The Hall–Kier alpha value is -3.51. The minimum atomic E-state index is -0.625. The third-order valence-electron chi connectivity index (χ3n) is 6.21. The summed E-state index contributed by atoms with van der Waals surface area (Å²) in [5.74, 6) is 0.631. The van der Waals surface area contributed by atoms with Crippen LogP contribution < -0.4 is 15.4 Å². The summed E-state index contributed by atoms with van der Waals surface area (Å²) < 4.78 is 5.33. The van der Waals surface area contributed by atoms with Crippen molar-refractivity contribution in [3.05, 3.63) is 65.9 Å². The molecule has 3 N–H and O–H groups in total. The number of aliphatic hydroxyl groups is 1. The van der Waals surface area contributed by atoms with E-state index in [0.717, 1.165) is 48.1 Å². The van der Waals surface area contributed by atoms with Crippen molar-refractivity contribution in [2.24, 2.45) is 0 Å². The normalized spacial score (nSPS) is 15.6. The monoisotopic (exact) mass is 459 g/mol. The average Bonchev–Trinajstić information content (AvgIpc) is 2.88. The highest BCUT2D eigenvalue weighted by Crippen LogP contribution is 2.27. The number of benzene rings is 2. The number of nitriles is 1. The number of pyridine rings is 1. The lowest BCUT2D eigenvalue weighted by atomic mass is 10.0. The van der Waals surface area contributed by atoms with E-state index in [2.05, 4.69) is 26.6 Å². The number of hydrogen-bond donors (Lipinski definition) is 3. The number of nitrogens with one attached hydrogen (secondary N) is 2. The van der Waals surface area contributed by atoms with Gasteiger partial charge in [0.2, 0.25) is 5.91 Å². The van der Waals surface area contributed by atoms with Gasteiger partial charge in [-0.05, 0) is 80.0 Å². The first kappa shape index (κ1) is 23.6. The molecule has 8 nitrogen and oxygen atoms in total. The summed E-state index contributed by atoms with van der Waals surface area (Å²) in [5.41, 5.74) is 2.92. The Balaban J connectivity index is 1.24. The Kier molecular flexibility index (Phi) is 7.70. The largest absolute Gasteiger partial charge is 0.497 e. The van der Waals surface area contributed by atoms with Crippen molar-refractivity contribution < 1.29 is 14.6 Å². The second-order valence-electron chi connectivity index (χ2n) is 8.49. The molecule has 1 aromatic heterocycles. The highest BCUT2D eigenvalue weighted by atomic mass is 16.5. The molecule has 1 aliphatic rings. The van der Waals surface area contributed by atoms with E-state index < -0.39 is 6.10 Å². The number of aliphatic hydroxyl groups excluding tert-OH is 1. The van der Waals surface area contributed by atoms with Gasteiger partial charge in [0, 0.05) is 29.9 Å². The molecule has 0 saturated carbocycles. The summed E-state index contributed by atoms with van der Waals surface area (Å²) >= 11 is 0. The number of fused-ring (bicyclic) bond motifs is 1. The second-order valence-corrected chi connectivity index (χ2v) is 8.49. The number of carbonyl (C=O) groups is 1. The predicted molar refractivity (Wildman–Crippen MR) is 131 cm³/mol. The molecule has 1 atom stereocenters. The molecule has 4 rings (SSSR count). The minimum Gasteiger partial charge on any atom is -0.497 e. The lowest BCUT2D eigenvalue weighted by molar-refractivity contribution is -0.115. The number of methoxy groups -OCH3 is 1. The number of nitrogens with zero attached hydrogens (tertiary/aromatic N) is 3. The van der Waals surface area contributed by atoms with Crippen LogP contribution in [-0.2, 0) is 4.79 Å². The summed E-state index contributed by atoms with van der Waals surface area (Å²) in [6, 6.07) is 16.7. The lowest BCUT2D eigenvalue weighted by Crippen LogP contribution is -2.45. The standard InChI is InChI=1S/C26H29N5O3/c1-34-21-6-7-24-23(14-21)22(8-11-28-24)25(32)17-31-12-9-19(10-13-31)29-16-26(33)30-20-4-2-18(15-27)3-5-20/h2-8,11,14,19,25,29,32H,9-10,12-13,16-17H2,1H3,(H,30,33). The highest BCUT2D eigenvalue weighted by Gasteiger charge is 2.23. The van der Waals surface area contributed by atoms with Crippen LogP contribution in [0.25, 0.3) is 10.9 Å². The Bertz CT molecular complexity index is 1170. The topological polar surface area (TPSA) is 111 Å². The Morgan fingerprint density at radius 1 is 1.24 bits per heavy atom. The van der Waals surface area contributed by atoms with Crippen molar-refractivity contribution in [3.8, 4) is 11.8 Å². The molecular formula is C26H29N5O3. The van der Waals surface area contributed by atoms with E-state index in [4.69, 9.17) is 10.00 Å². The predicted octanol–water partition coefficient (Wildman–Crippen LogP) is 2.84. The number of rotatable bonds is 8. The summed E-state index contributed by atoms with van der Waals surface area (Å²) in [6.07, 6.45) is 2.91. The number of carbonyl (C=O) groups excluding carboxylic acids is 1. The first-order chi connectivity index (χ1) is 16.6. The first-order valence-electron chi connectivity index (χ1n) is 11.4. The smallest absolute Gasteiger partial charge is 0.238 e. The maximum Gasteiger partial charge on any atom is 0.238 e. The third kappa shape index (κ3) is 5.88. The molecule has 2 aromatic carbocycles. The fourth-order valence-electron chi connectivity index (χ4n) is 4.30. The molecule has 1 aliphatic heterocycles. The van der Waals surface area contributed by atoms with Gasteiger partial charge in [-0.15, -0.1) is 0 Å². The van der Waals surface area contributed by atoms with Gasteiger partial charge in [0.1, 0.15) is 5.75 Å². The SMILES string of the molecule is COc1ccc2nccc(C(O)CN3CCC(NCC(=O)Nc4ccc(C#N)cc4)CC3)c2c1. The summed E-state index contributed by atoms with van der Waals surface area (Å²) in [6.45, 7) is 2.47. The number of aromatic nitrogens is 1. The van der Waals surface area contributed by atoms with Gasteiger partial charge in [0.05, 0.1) is 36.9 Å². The number of amides is 1. The molecule has 3 aromatic rings. The van der Waals surface area contributed by atoms with E-state index in [0.29, 0.717) is 17.8 Å². The van der Waals surface area contributed by atoms with Crippen LogP contribution >= 0.6 is 0 Å². The number of hydrogen-bond acceptors (Lipinski definition) is 7. The van der Waals surface area contributed by atoms with Gasteiger partial charge in [-0.2, -0.15) is 5.26 Å². The van der Waals surface area contributed by atoms with Crippen molar-refractivity contribution in [3.63, 3.8) is 0 Å². The van der Waals surface area contributed by atoms with Crippen LogP contribution in [0, 0.1) is 11.3 Å². The van der Waals surface area contributed by atoms with Crippen LogP contribution in [0.3, 0.4) is 0 Å². The van der Waals surface area contributed by atoms with Crippen LogP contribution in [0.15, 0.2) is 54.7 Å². The molecule has 0 radical (unpaired) electrons. The molecule has 2 heterocycles. The van der Waals surface area contributed by atoms with E-state index in [-0.39, 0.29) is 18.5 Å². The van der Waals surface area contributed by atoms with E-state index in [1.807, 2.05) is 24.3 Å². The molecule has 0 bridgehead atoms. The summed E-state index contributed by atoms with van der Waals surface area (Å²) in [5, 5.41) is 26.9. The maximum absolute atomic E-state index is 12.2. The first-order valence-corrected chi connectivity index (χ1v) is 11.4. The number of piperidine rings is 1. The molecule has 1 fully saturated rings. The summed E-state index contributed by atoms with van der Waals surface area (Å²) in [7, 11) is 1.63. The van der Waals surface area contributed by atoms with Gasteiger partial charge in [-0.3, -0.25) is 9.78 Å². The zero-order valence-corrected chi connectivity index (χ0v) is 19.2. The minimum absolute atomic E-state index is 0.109. The van der Waals surface area contributed by atoms with Gasteiger partial charge < -0.3 is 25.4 Å². The maximum atomic E-state index is 12.2. The van der Waals surface area contributed by atoms with Crippen molar-refractivity contribution in [1.29, 1.82) is 5.26 Å². The van der Waals surface area contributed by atoms with Crippen LogP contribution in [0.2, 0.25) is 0 Å². The van der Waals surface area contributed by atoms with Gasteiger partial charge in [0.15, 0.2) is 0 Å². The molecule has 1 amide bonds. The fraction of sp³-hybridized carbons (Fsp3) is 0.346. The average molecular weight is 460 g/mol. The van der Waals surface area contributed by atoms with Crippen LogP contribution in [0.5, 0.6) is 5.75 Å². The van der Waals surface area contributed by atoms with Gasteiger partial charge >= 0.3 is 0 Å². The third-order valence-corrected chi connectivity index (χ3v) is 6.21. The van der Waals surface area contributed by atoms with Crippen molar-refractivity contribution in [2.45, 2.75) is 25.0 Å².